The monoisotopic (exact) mass is 441 g/mol. The van der Waals surface area contributed by atoms with Gasteiger partial charge in [-0.25, -0.2) is 0 Å². The van der Waals surface area contributed by atoms with E-state index in [9.17, 15) is 14.4 Å². The summed E-state index contributed by atoms with van der Waals surface area (Å²) in [5, 5.41) is 11.7. The highest BCUT2D eigenvalue weighted by Gasteiger charge is 2.39. The summed E-state index contributed by atoms with van der Waals surface area (Å²) in [4.78, 5) is 40.3. The third-order valence-corrected chi connectivity index (χ3v) is 6.99. The molecule has 1 saturated carbocycles. The second kappa shape index (κ2) is 8.58. The van der Waals surface area contributed by atoms with Gasteiger partial charge in [0.2, 0.25) is 0 Å². The van der Waals surface area contributed by atoms with Gasteiger partial charge in [-0.15, -0.1) is 11.3 Å². The average Bonchev–Trinajstić information content (AvgIpc) is 3.27. The SMILES string of the molecule is N#CC[C@H]1CCC[C@@H](CN2C(=O)c3cccc(NC(=O)c4ccc(Cl)s4)c3C2=O)C1. The number of halogens is 1. The van der Waals surface area contributed by atoms with Crippen molar-refractivity contribution in [3.05, 3.63) is 50.7 Å². The van der Waals surface area contributed by atoms with E-state index in [4.69, 9.17) is 16.9 Å². The van der Waals surface area contributed by atoms with Gasteiger partial charge in [0.05, 0.1) is 32.1 Å². The minimum atomic E-state index is -0.377. The van der Waals surface area contributed by atoms with Crippen molar-refractivity contribution in [1.29, 1.82) is 5.26 Å². The van der Waals surface area contributed by atoms with Gasteiger partial charge in [0.25, 0.3) is 17.7 Å². The van der Waals surface area contributed by atoms with Crippen LogP contribution in [0.25, 0.3) is 0 Å². The van der Waals surface area contributed by atoms with Crippen LogP contribution in [-0.2, 0) is 0 Å². The van der Waals surface area contributed by atoms with Crippen LogP contribution in [0, 0.1) is 23.2 Å². The molecule has 6 nitrogen and oxygen atoms in total. The van der Waals surface area contributed by atoms with E-state index in [1.807, 2.05) is 0 Å². The summed E-state index contributed by atoms with van der Waals surface area (Å²) in [6.07, 6.45) is 4.34. The maximum atomic E-state index is 13.1. The molecule has 2 heterocycles. The number of hydrogen-bond donors (Lipinski definition) is 1. The average molecular weight is 442 g/mol. The summed E-state index contributed by atoms with van der Waals surface area (Å²) in [7, 11) is 0. The third-order valence-electron chi connectivity index (χ3n) is 5.76. The first-order valence-electron chi connectivity index (χ1n) is 9.90. The van der Waals surface area contributed by atoms with E-state index < -0.39 is 0 Å². The summed E-state index contributed by atoms with van der Waals surface area (Å²) in [6.45, 7) is 0.349. The summed E-state index contributed by atoms with van der Waals surface area (Å²) in [5.41, 5.74) is 0.878. The van der Waals surface area contributed by atoms with E-state index in [0.717, 1.165) is 37.0 Å². The molecule has 1 aromatic heterocycles. The lowest BCUT2D eigenvalue weighted by atomic mass is 9.80. The summed E-state index contributed by atoms with van der Waals surface area (Å²) in [5.74, 6) is -0.544. The number of thiophene rings is 1. The van der Waals surface area contributed by atoms with Crippen LogP contribution in [-0.4, -0.2) is 29.2 Å². The van der Waals surface area contributed by atoms with Gasteiger partial charge in [-0.05, 0) is 55.4 Å². The minimum absolute atomic E-state index is 0.200. The van der Waals surface area contributed by atoms with Crippen LogP contribution < -0.4 is 5.32 Å². The number of carbonyl (C=O) groups is 3. The van der Waals surface area contributed by atoms with Crippen LogP contribution in [0.3, 0.4) is 0 Å². The highest BCUT2D eigenvalue weighted by Crippen LogP contribution is 2.35. The molecular formula is C22H20ClN3O3S. The molecule has 1 aliphatic carbocycles. The molecule has 0 spiro atoms. The predicted molar refractivity (Wildman–Crippen MR) is 115 cm³/mol. The van der Waals surface area contributed by atoms with E-state index in [1.165, 1.54) is 4.90 Å². The fourth-order valence-electron chi connectivity index (χ4n) is 4.36. The van der Waals surface area contributed by atoms with Gasteiger partial charge in [0, 0.05) is 13.0 Å². The molecule has 2 aliphatic rings. The molecule has 2 atom stereocenters. The molecule has 1 fully saturated rings. The molecule has 1 N–H and O–H groups in total. The maximum Gasteiger partial charge on any atom is 0.265 e. The van der Waals surface area contributed by atoms with E-state index in [-0.39, 0.29) is 29.2 Å². The zero-order valence-electron chi connectivity index (χ0n) is 16.2. The molecule has 3 amide bonds. The first-order chi connectivity index (χ1) is 14.5. The molecule has 0 radical (unpaired) electrons. The number of nitriles is 1. The lowest BCUT2D eigenvalue weighted by molar-refractivity contribution is 0.0607. The zero-order chi connectivity index (χ0) is 21.3. The summed E-state index contributed by atoms with van der Waals surface area (Å²) >= 11 is 7.05. The second-order valence-corrected chi connectivity index (χ2v) is 9.48. The highest BCUT2D eigenvalue weighted by molar-refractivity contribution is 7.18. The van der Waals surface area contributed by atoms with Crippen LogP contribution in [0.1, 0.15) is 62.5 Å². The standard InChI is InChI=1S/C22H20ClN3O3S/c23-18-8-7-17(30-18)20(27)25-16-6-2-5-15-19(16)22(29)26(21(15)28)12-14-4-1-3-13(11-14)9-10-24/h2,5-8,13-14H,1,3-4,9,11-12H2,(H,25,27)/t13-,14-/m1/s1. The maximum absolute atomic E-state index is 13.1. The smallest absolute Gasteiger partial charge is 0.265 e. The van der Waals surface area contributed by atoms with Crippen LogP contribution in [0.15, 0.2) is 30.3 Å². The Morgan fingerprint density at radius 2 is 2.00 bits per heavy atom. The molecular weight excluding hydrogens is 422 g/mol. The Morgan fingerprint density at radius 1 is 1.20 bits per heavy atom. The van der Waals surface area contributed by atoms with E-state index in [2.05, 4.69) is 11.4 Å². The number of hydrogen-bond acceptors (Lipinski definition) is 5. The Balaban J connectivity index is 1.52. The van der Waals surface area contributed by atoms with Crippen molar-refractivity contribution in [2.45, 2.75) is 32.1 Å². The minimum Gasteiger partial charge on any atom is -0.321 e. The number of nitrogens with zero attached hydrogens (tertiary/aromatic N) is 2. The second-order valence-electron chi connectivity index (χ2n) is 7.77. The number of nitrogens with one attached hydrogen (secondary N) is 1. The fourth-order valence-corrected chi connectivity index (χ4v) is 5.30. The van der Waals surface area contributed by atoms with Crippen molar-refractivity contribution < 1.29 is 14.4 Å². The van der Waals surface area contributed by atoms with Gasteiger partial charge in [-0.1, -0.05) is 24.1 Å². The molecule has 0 unspecified atom stereocenters. The van der Waals surface area contributed by atoms with Gasteiger partial charge >= 0.3 is 0 Å². The van der Waals surface area contributed by atoms with Crippen molar-refractivity contribution in [1.82, 2.24) is 4.90 Å². The Hall–Kier alpha value is -2.69. The van der Waals surface area contributed by atoms with Crippen molar-refractivity contribution >= 4 is 46.3 Å². The number of fused-ring (bicyclic) bond motifs is 1. The lowest BCUT2D eigenvalue weighted by Crippen LogP contribution is -2.36. The fraction of sp³-hybridized carbons (Fsp3) is 0.364. The third kappa shape index (κ3) is 3.98. The number of benzene rings is 1. The van der Waals surface area contributed by atoms with E-state index in [0.29, 0.717) is 39.3 Å². The normalized spacial score (nSPS) is 20.7. The molecule has 30 heavy (non-hydrogen) atoms. The number of anilines is 1. The predicted octanol–water partition coefficient (Wildman–Crippen LogP) is 4.97. The highest BCUT2D eigenvalue weighted by atomic mass is 35.5. The number of imide groups is 1. The van der Waals surface area contributed by atoms with Gasteiger partial charge in [-0.2, -0.15) is 5.26 Å². The van der Waals surface area contributed by atoms with Gasteiger partial charge in [0.15, 0.2) is 0 Å². The lowest BCUT2D eigenvalue weighted by Gasteiger charge is -2.30. The Morgan fingerprint density at radius 3 is 2.73 bits per heavy atom. The first kappa shape index (κ1) is 20.6. The summed E-state index contributed by atoms with van der Waals surface area (Å²) in [6, 6.07) is 10.4. The Bertz CT molecular complexity index is 1060. The molecule has 0 saturated heterocycles. The molecule has 0 bridgehead atoms. The van der Waals surface area contributed by atoms with Crippen LogP contribution in [0.4, 0.5) is 5.69 Å². The number of rotatable bonds is 5. The molecule has 154 valence electrons. The van der Waals surface area contributed by atoms with Crippen molar-refractivity contribution in [3.63, 3.8) is 0 Å². The number of carbonyl (C=O) groups excluding carboxylic acids is 3. The summed E-state index contributed by atoms with van der Waals surface area (Å²) < 4.78 is 0.498. The molecule has 1 aromatic carbocycles. The van der Waals surface area contributed by atoms with E-state index >= 15 is 0 Å². The van der Waals surface area contributed by atoms with E-state index in [1.54, 1.807) is 30.3 Å². The van der Waals surface area contributed by atoms with Crippen LogP contribution >= 0.6 is 22.9 Å². The van der Waals surface area contributed by atoms with Gasteiger partial charge in [-0.3, -0.25) is 19.3 Å². The van der Waals surface area contributed by atoms with Gasteiger partial charge in [0.1, 0.15) is 0 Å². The van der Waals surface area contributed by atoms with Gasteiger partial charge < -0.3 is 5.32 Å². The number of amides is 3. The quantitative estimate of drug-likeness (QED) is 0.663. The van der Waals surface area contributed by atoms with Crippen molar-refractivity contribution in [3.8, 4) is 6.07 Å². The molecule has 1 aliphatic heterocycles. The van der Waals surface area contributed by atoms with Crippen molar-refractivity contribution in [2.75, 3.05) is 11.9 Å². The van der Waals surface area contributed by atoms with Crippen molar-refractivity contribution in [2.24, 2.45) is 11.8 Å². The first-order valence-corrected chi connectivity index (χ1v) is 11.1. The molecule has 4 rings (SSSR count). The largest absolute Gasteiger partial charge is 0.321 e. The molecule has 8 heteroatoms. The topological polar surface area (TPSA) is 90.3 Å². The zero-order valence-corrected chi connectivity index (χ0v) is 17.8. The van der Waals surface area contributed by atoms with Crippen LogP contribution in [0.2, 0.25) is 4.34 Å². The van der Waals surface area contributed by atoms with Crippen LogP contribution in [0.5, 0.6) is 0 Å². The Kier molecular flexibility index (Phi) is 5.89. The molecule has 2 aromatic rings. The Labute approximate surface area is 183 Å².